The smallest absolute Gasteiger partial charge is 0.328 e. The number of sulfone groups is 1. The molecule has 43 heavy (non-hydrogen) atoms. The SMILES string of the molecule is COc1cc(C)c(S(=O)(=O)CNCCOCC(=O)N(C)Cc2ccc(C3=NCCN3)cc2)c(C)c1.O=C(O)/C=C/C(=O)O. The summed E-state index contributed by atoms with van der Waals surface area (Å²) in [4.78, 5) is 37.8. The first kappa shape index (κ1) is 34.9. The van der Waals surface area contributed by atoms with Crippen molar-refractivity contribution in [3.8, 4) is 5.75 Å². The van der Waals surface area contributed by atoms with Gasteiger partial charge < -0.3 is 35.2 Å². The molecule has 0 saturated heterocycles. The van der Waals surface area contributed by atoms with Gasteiger partial charge in [0.2, 0.25) is 5.91 Å². The van der Waals surface area contributed by atoms with Crippen LogP contribution in [0.5, 0.6) is 5.75 Å². The summed E-state index contributed by atoms with van der Waals surface area (Å²) in [6, 6.07) is 11.4. The van der Waals surface area contributed by atoms with Crippen molar-refractivity contribution in [2.24, 2.45) is 4.99 Å². The second-order valence-corrected chi connectivity index (χ2v) is 11.4. The quantitative estimate of drug-likeness (QED) is 0.177. The van der Waals surface area contributed by atoms with Crippen LogP contribution in [0.1, 0.15) is 22.3 Å². The van der Waals surface area contributed by atoms with Gasteiger partial charge in [-0.15, -0.1) is 0 Å². The zero-order valence-corrected chi connectivity index (χ0v) is 25.4. The Bertz CT molecular complexity index is 1400. The van der Waals surface area contributed by atoms with Gasteiger partial charge in [-0.2, -0.15) is 0 Å². The van der Waals surface area contributed by atoms with Crippen LogP contribution < -0.4 is 15.4 Å². The Morgan fingerprint density at radius 3 is 2.19 bits per heavy atom. The first-order valence-corrected chi connectivity index (χ1v) is 14.9. The van der Waals surface area contributed by atoms with Crippen molar-refractivity contribution in [3.05, 3.63) is 70.8 Å². The van der Waals surface area contributed by atoms with Crippen molar-refractivity contribution >= 4 is 33.5 Å². The van der Waals surface area contributed by atoms with Gasteiger partial charge >= 0.3 is 11.9 Å². The zero-order valence-electron chi connectivity index (χ0n) is 24.6. The van der Waals surface area contributed by atoms with Crippen LogP contribution in [-0.2, 0) is 35.5 Å². The minimum Gasteiger partial charge on any atom is -0.497 e. The molecule has 2 aromatic rings. The van der Waals surface area contributed by atoms with Crippen molar-refractivity contribution in [2.75, 3.05) is 52.9 Å². The molecule has 4 N–H and O–H groups in total. The molecule has 0 unspecified atom stereocenters. The second-order valence-electron chi connectivity index (χ2n) is 9.52. The predicted octanol–water partition coefficient (Wildman–Crippen LogP) is 1.37. The summed E-state index contributed by atoms with van der Waals surface area (Å²) >= 11 is 0. The van der Waals surface area contributed by atoms with Gasteiger partial charge in [0, 0.05) is 44.4 Å². The molecule has 1 aliphatic rings. The standard InChI is InChI=1S/C25H34N4O5S.C4H4O4/c1-18-13-22(33-4)14-19(2)24(18)35(31,32)17-26-11-12-34-16-23(30)29(3)15-20-5-7-21(8-6-20)25-27-9-10-28-25;5-3(6)1-2-4(7)8/h5-8,13-14,26H,9-12,15-17H2,1-4H3,(H,27,28);1-2H,(H,5,6)(H,7,8)/b;2-1+. The maximum atomic E-state index is 12.8. The predicted molar refractivity (Wildman–Crippen MR) is 160 cm³/mol. The molecule has 0 fully saturated rings. The number of carboxylic acid groups (broad SMARTS) is 2. The summed E-state index contributed by atoms with van der Waals surface area (Å²) in [6.45, 7) is 6.10. The number of aliphatic carboxylic acids is 2. The number of benzene rings is 2. The third-order valence-corrected chi connectivity index (χ3v) is 7.89. The zero-order chi connectivity index (χ0) is 32.0. The maximum absolute atomic E-state index is 12.8. The second kappa shape index (κ2) is 17.0. The van der Waals surface area contributed by atoms with E-state index in [4.69, 9.17) is 19.7 Å². The molecule has 2 aromatic carbocycles. The number of nitrogens with zero attached hydrogens (tertiary/aromatic N) is 2. The summed E-state index contributed by atoms with van der Waals surface area (Å²) in [6.07, 6.45) is 1.12. The van der Waals surface area contributed by atoms with Gasteiger partial charge in [-0.1, -0.05) is 24.3 Å². The van der Waals surface area contributed by atoms with Gasteiger partial charge in [-0.25, -0.2) is 18.0 Å². The number of amidine groups is 1. The normalized spacial score (nSPS) is 12.6. The highest BCUT2D eigenvalue weighted by molar-refractivity contribution is 7.91. The average Bonchev–Trinajstić information content (AvgIpc) is 3.49. The molecule has 1 aliphatic heterocycles. The number of amides is 1. The summed E-state index contributed by atoms with van der Waals surface area (Å²) in [5.74, 6) is -1.34. The first-order chi connectivity index (χ1) is 20.3. The van der Waals surface area contributed by atoms with Crippen LogP contribution in [0.2, 0.25) is 0 Å². The summed E-state index contributed by atoms with van der Waals surface area (Å²) < 4.78 is 36.2. The van der Waals surface area contributed by atoms with Crippen molar-refractivity contribution in [3.63, 3.8) is 0 Å². The van der Waals surface area contributed by atoms with E-state index in [9.17, 15) is 22.8 Å². The molecular formula is C29H38N4O9S. The Balaban J connectivity index is 0.000000708. The van der Waals surface area contributed by atoms with Gasteiger partial charge in [0.1, 0.15) is 24.1 Å². The van der Waals surface area contributed by atoms with Crippen LogP contribution in [-0.4, -0.2) is 100 Å². The largest absolute Gasteiger partial charge is 0.497 e. The van der Waals surface area contributed by atoms with Crippen molar-refractivity contribution in [2.45, 2.75) is 25.3 Å². The molecule has 0 saturated carbocycles. The molecule has 0 aliphatic carbocycles. The molecule has 13 nitrogen and oxygen atoms in total. The fraction of sp³-hybridized carbons (Fsp3) is 0.379. The number of carboxylic acids is 2. The maximum Gasteiger partial charge on any atom is 0.328 e. The summed E-state index contributed by atoms with van der Waals surface area (Å²) in [5, 5.41) is 21.8. The molecule has 14 heteroatoms. The number of carbonyl (C=O) groups is 3. The fourth-order valence-corrected chi connectivity index (χ4v) is 5.73. The Morgan fingerprint density at radius 2 is 1.67 bits per heavy atom. The Kier molecular flexibility index (Phi) is 13.8. The summed E-state index contributed by atoms with van der Waals surface area (Å²) in [5.41, 5.74) is 3.34. The van der Waals surface area contributed by atoms with Crippen LogP contribution in [0.4, 0.5) is 0 Å². The molecule has 1 heterocycles. The lowest BCUT2D eigenvalue weighted by Crippen LogP contribution is -2.32. The molecule has 0 bridgehead atoms. The van der Waals surface area contributed by atoms with E-state index in [1.807, 2.05) is 24.3 Å². The van der Waals surface area contributed by atoms with Crippen molar-refractivity contribution < 1.29 is 42.5 Å². The first-order valence-electron chi connectivity index (χ1n) is 13.3. The topological polar surface area (TPSA) is 184 Å². The van der Waals surface area contributed by atoms with Crippen LogP contribution in [0.15, 0.2) is 58.4 Å². The number of carbonyl (C=O) groups excluding carboxylic acids is 1. The number of hydrogen-bond donors (Lipinski definition) is 4. The molecule has 0 radical (unpaired) electrons. The lowest BCUT2D eigenvalue weighted by Gasteiger charge is -2.18. The molecular weight excluding hydrogens is 580 g/mol. The average molecular weight is 619 g/mol. The Hall–Kier alpha value is -4.27. The highest BCUT2D eigenvalue weighted by Crippen LogP contribution is 2.26. The third kappa shape index (κ3) is 11.9. The number of hydrogen-bond acceptors (Lipinski definition) is 10. The minimum atomic E-state index is -3.52. The van der Waals surface area contributed by atoms with Gasteiger partial charge in [-0.05, 0) is 42.7 Å². The van der Waals surface area contributed by atoms with Crippen molar-refractivity contribution in [1.82, 2.24) is 15.5 Å². The number of methoxy groups -OCH3 is 1. The molecule has 1 amide bonds. The van der Waals surface area contributed by atoms with Crippen molar-refractivity contribution in [1.29, 1.82) is 0 Å². The van der Waals surface area contributed by atoms with E-state index in [0.29, 0.717) is 47.0 Å². The minimum absolute atomic E-state index is 0.0690. The van der Waals surface area contributed by atoms with Crippen LogP contribution in [0.3, 0.4) is 0 Å². The lowest BCUT2D eigenvalue weighted by molar-refractivity contribution is -0.135. The fourth-order valence-electron chi connectivity index (χ4n) is 4.08. The molecule has 234 valence electrons. The van der Waals surface area contributed by atoms with Gasteiger partial charge in [0.05, 0.1) is 25.2 Å². The van der Waals surface area contributed by atoms with Gasteiger partial charge in [-0.3, -0.25) is 9.79 Å². The summed E-state index contributed by atoms with van der Waals surface area (Å²) in [7, 11) is -0.237. The lowest BCUT2D eigenvalue weighted by atomic mass is 10.1. The third-order valence-electron chi connectivity index (χ3n) is 6.04. The van der Waals surface area contributed by atoms with Gasteiger partial charge in [0.15, 0.2) is 9.84 Å². The number of likely N-dealkylation sites (N-methyl/N-ethyl adjacent to an activating group) is 1. The van der Waals surface area contributed by atoms with Crippen LogP contribution in [0.25, 0.3) is 0 Å². The molecule has 0 spiro atoms. The number of rotatable bonds is 14. The van der Waals surface area contributed by atoms with E-state index in [-0.39, 0.29) is 25.0 Å². The molecule has 3 rings (SSSR count). The monoisotopic (exact) mass is 618 g/mol. The van der Waals surface area contributed by atoms with Crippen LogP contribution >= 0.6 is 0 Å². The highest BCUT2D eigenvalue weighted by Gasteiger charge is 2.20. The number of ether oxygens (including phenoxy) is 2. The van der Waals surface area contributed by atoms with E-state index >= 15 is 0 Å². The number of nitrogens with one attached hydrogen (secondary N) is 2. The molecule has 0 atom stereocenters. The highest BCUT2D eigenvalue weighted by atomic mass is 32.2. The van der Waals surface area contributed by atoms with E-state index < -0.39 is 21.8 Å². The Morgan fingerprint density at radius 1 is 1.07 bits per heavy atom. The van der Waals surface area contributed by atoms with E-state index in [0.717, 1.165) is 30.1 Å². The van der Waals surface area contributed by atoms with E-state index in [1.54, 1.807) is 45.0 Å². The van der Waals surface area contributed by atoms with Crippen LogP contribution in [0, 0.1) is 13.8 Å². The van der Waals surface area contributed by atoms with Gasteiger partial charge in [0.25, 0.3) is 0 Å². The molecule has 0 aromatic heterocycles. The number of aryl methyl sites for hydroxylation is 2. The van der Waals surface area contributed by atoms with E-state index in [2.05, 4.69) is 15.6 Å². The number of aliphatic imine (C=N–C) groups is 1. The van der Waals surface area contributed by atoms with E-state index in [1.165, 1.54) is 0 Å². The Labute approximate surface area is 251 Å².